The summed E-state index contributed by atoms with van der Waals surface area (Å²) in [6.45, 7) is 3.62. The largest absolute Gasteiger partial charge is 0.497 e. The Morgan fingerprint density at radius 2 is 1.95 bits per heavy atom. The van der Waals surface area contributed by atoms with Gasteiger partial charge in [0.05, 0.1) is 18.4 Å². The molecule has 0 spiro atoms. The molecule has 0 aliphatic rings. The highest BCUT2D eigenvalue weighted by Crippen LogP contribution is 2.20. The average molecular weight is 272 g/mol. The first-order valence-electron chi connectivity index (χ1n) is 6.34. The van der Waals surface area contributed by atoms with Crippen molar-refractivity contribution < 1.29 is 9.53 Å². The number of hydrogen-bond acceptors (Lipinski definition) is 4. The van der Waals surface area contributed by atoms with Gasteiger partial charge < -0.3 is 4.74 Å². The lowest BCUT2D eigenvalue weighted by Crippen LogP contribution is -2.27. The van der Waals surface area contributed by atoms with Crippen molar-refractivity contribution in [1.82, 2.24) is 9.78 Å². The molecule has 5 heteroatoms. The third-order valence-corrected chi connectivity index (χ3v) is 3.04. The first-order chi connectivity index (χ1) is 9.56. The van der Waals surface area contributed by atoms with Crippen molar-refractivity contribution in [3.63, 3.8) is 0 Å². The molecule has 0 N–H and O–H groups in total. The second-order valence-corrected chi connectivity index (χ2v) is 4.35. The van der Waals surface area contributed by atoms with Gasteiger partial charge in [-0.1, -0.05) is 0 Å². The maximum absolute atomic E-state index is 12.0. The predicted octanol–water partition coefficient (Wildman–Crippen LogP) is 2.14. The van der Waals surface area contributed by atoms with E-state index in [1.807, 2.05) is 31.2 Å². The Morgan fingerprint density at radius 3 is 2.45 bits per heavy atom. The quantitative estimate of drug-likeness (QED) is 0.800. The zero-order chi connectivity index (χ0) is 14.7. The van der Waals surface area contributed by atoms with Crippen molar-refractivity contribution in [2.24, 2.45) is 0 Å². The molecule has 0 radical (unpaired) electrons. The van der Waals surface area contributed by atoms with Crippen LogP contribution < -0.4 is 10.3 Å². The number of methoxy groups -OCH3 is 1. The van der Waals surface area contributed by atoms with Gasteiger partial charge in [0.2, 0.25) is 0 Å². The van der Waals surface area contributed by atoms with Gasteiger partial charge in [-0.15, -0.1) is 0 Å². The summed E-state index contributed by atoms with van der Waals surface area (Å²) in [5, 5.41) is 4.27. The van der Waals surface area contributed by atoms with E-state index in [0.717, 1.165) is 11.3 Å². The van der Waals surface area contributed by atoms with Crippen LogP contribution in [-0.2, 0) is 6.54 Å². The van der Waals surface area contributed by atoms with Crippen molar-refractivity contribution in [3.05, 3.63) is 46.2 Å². The molecular weight excluding hydrogens is 256 g/mol. The van der Waals surface area contributed by atoms with E-state index < -0.39 is 0 Å². The number of carbonyl (C=O) groups excluding carboxylic acids is 1. The van der Waals surface area contributed by atoms with Gasteiger partial charge in [-0.3, -0.25) is 9.59 Å². The van der Waals surface area contributed by atoms with E-state index in [1.54, 1.807) is 13.2 Å². The van der Waals surface area contributed by atoms with Crippen LogP contribution in [-0.4, -0.2) is 22.7 Å². The Labute approximate surface area is 116 Å². The highest BCUT2D eigenvalue weighted by Gasteiger charge is 2.12. The second kappa shape index (κ2) is 5.69. The van der Waals surface area contributed by atoms with Gasteiger partial charge in [0.1, 0.15) is 5.75 Å². The van der Waals surface area contributed by atoms with Crippen molar-refractivity contribution in [2.75, 3.05) is 7.11 Å². The fraction of sp³-hybridized carbons (Fsp3) is 0.267. The minimum absolute atomic E-state index is 0.160. The van der Waals surface area contributed by atoms with Crippen molar-refractivity contribution in [3.8, 4) is 17.0 Å². The Balaban J connectivity index is 2.58. The number of ether oxygens (including phenoxy) is 1. The van der Waals surface area contributed by atoms with Crippen LogP contribution in [0.5, 0.6) is 5.75 Å². The zero-order valence-electron chi connectivity index (χ0n) is 11.7. The molecule has 2 rings (SSSR count). The standard InChI is InChI=1S/C15H16N2O3/c1-4-17-15(19)13(10(2)18)9-14(16-17)11-5-7-12(20-3)8-6-11/h5-9H,4H2,1-3H3. The molecule has 2 aromatic rings. The van der Waals surface area contributed by atoms with Crippen molar-refractivity contribution in [2.45, 2.75) is 20.4 Å². The summed E-state index contributed by atoms with van der Waals surface area (Å²) in [6.07, 6.45) is 0. The summed E-state index contributed by atoms with van der Waals surface area (Å²) < 4.78 is 6.40. The number of Topliss-reactive ketones (excluding diaryl/α,β-unsaturated/α-hetero) is 1. The molecule has 5 nitrogen and oxygen atoms in total. The molecule has 0 saturated heterocycles. The van der Waals surface area contributed by atoms with Crippen LogP contribution >= 0.6 is 0 Å². The number of rotatable bonds is 4. The Kier molecular flexibility index (Phi) is 3.98. The molecule has 0 saturated carbocycles. The summed E-state index contributed by atoms with van der Waals surface area (Å²) in [5.74, 6) is 0.485. The van der Waals surface area contributed by atoms with Gasteiger partial charge in [0.15, 0.2) is 5.78 Å². The number of ketones is 1. The van der Waals surface area contributed by atoms with E-state index in [9.17, 15) is 9.59 Å². The maximum atomic E-state index is 12.0. The molecule has 0 fully saturated rings. The number of aromatic nitrogens is 2. The predicted molar refractivity (Wildman–Crippen MR) is 76.2 cm³/mol. The van der Waals surface area contributed by atoms with Gasteiger partial charge in [-0.2, -0.15) is 5.10 Å². The number of benzene rings is 1. The second-order valence-electron chi connectivity index (χ2n) is 4.35. The van der Waals surface area contributed by atoms with Gasteiger partial charge in [0, 0.05) is 12.1 Å². The first kappa shape index (κ1) is 14.0. The third kappa shape index (κ3) is 2.61. The normalized spacial score (nSPS) is 10.3. The highest BCUT2D eigenvalue weighted by molar-refractivity contribution is 5.94. The molecular formula is C15H16N2O3. The SMILES string of the molecule is CCn1nc(-c2ccc(OC)cc2)cc(C(C)=O)c1=O. The van der Waals surface area contributed by atoms with E-state index in [4.69, 9.17) is 4.74 Å². The molecule has 0 amide bonds. The molecule has 0 bridgehead atoms. The van der Waals surface area contributed by atoms with Crippen molar-refractivity contribution in [1.29, 1.82) is 0 Å². The topological polar surface area (TPSA) is 61.2 Å². The van der Waals surface area contributed by atoms with Gasteiger partial charge in [0.25, 0.3) is 5.56 Å². The lowest BCUT2D eigenvalue weighted by molar-refractivity contribution is 0.101. The van der Waals surface area contributed by atoms with Crippen LogP contribution in [0.1, 0.15) is 24.2 Å². The molecule has 20 heavy (non-hydrogen) atoms. The summed E-state index contributed by atoms with van der Waals surface area (Å²) >= 11 is 0. The molecule has 1 aromatic heterocycles. The summed E-state index contributed by atoms with van der Waals surface area (Å²) in [7, 11) is 1.60. The molecule has 104 valence electrons. The monoisotopic (exact) mass is 272 g/mol. The first-order valence-corrected chi connectivity index (χ1v) is 6.34. The van der Waals surface area contributed by atoms with E-state index in [2.05, 4.69) is 5.10 Å². The molecule has 0 aliphatic heterocycles. The summed E-state index contributed by atoms with van der Waals surface area (Å²) in [5.41, 5.74) is 1.24. The number of aryl methyl sites for hydroxylation is 1. The highest BCUT2D eigenvalue weighted by atomic mass is 16.5. The number of nitrogens with zero attached hydrogens (tertiary/aromatic N) is 2. The van der Waals surface area contributed by atoms with Crippen molar-refractivity contribution >= 4 is 5.78 Å². The Hall–Kier alpha value is -2.43. The van der Waals surface area contributed by atoms with Gasteiger partial charge in [-0.05, 0) is 44.2 Å². The van der Waals surface area contributed by atoms with E-state index in [-0.39, 0.29) is 16.9 Å². The smallest absolute Gasteiger partial charge is 0.277 e. The average Bonchev–Trinajstić information content (AvgIpc) is 2.47. The van der Waals surface area contributed by atoms with Crippen LogP contribution in [0.15, 0.2) is 35.1 Å². The van der Waals surface area contributed by atoms with Crippen LogP contribution in [0.4, 0.5) is 0 Å². The Bertz CT molecular complexity index is 687. The van der Waals surface area contributed by atoms with Crippen LogP contribution in [0.25, 0.3) is 11.3 Å². The molecule has 0 atom stereocenters. The molecule has 0 unspecified atom stereocenters. The minimum Gasteiger partial charge on any atom is -0.497 e. The summed E-state index contributed by atoms with van der Waals surface area (Å²) in [6, 6.07) is 8.85. The molecule has 1 heterocycles. The third-order valence-electron chi connectivity index (χ3n) is 3.04. The van der Waals surface area contributed by atoms with E-state index in [0.29, 0.717) is 12.2 Å². The van der Waals surface area contributed by atoms with E-state index in [1.165, 1.54) is 11.6 Å². The summed E-state index contributed by atoms with van der Waals surface area (Å²) in [4.78, 5) is 23.5. The minimum atomic E-state index is -0.350. The number of carbonyl (C=O) groups is 1. The lowest BCUT2D eigenvalue weighted by Gasteiger charge is -2.08. The fourth-order valence-electron chi connectivity index (χ4n) is 1.91. The molecule has 0 aliphatic carbocycles. The Morgan fingerprint density at radius 1 is 1.30 bits per heavy atom. The zero-order valence-corrected chi connectivity index (χ0v) is 11.7. The fourth-order valence-corrected chi connectivity index (χ4v) is 1.91. The van der Waals surface area contributed by atoms with Crippen LogP contribution in [0, 0.1) is 0 Å². The molecule has 1 aromatic carbocycles. The van der Waals surface area contributed by atoms with Crippen LogP contribution in [0.2, 0.25) is 0 Å². The van der Waals surface area contributed by atoms with Gasteiger partial charge >= 0.3 is 0 Å². The lowest BCUT2D eigenvalue weighted by atomic mass is 10.1. The maximum Gasteiger partial charge on any atom is 0.277 e. The van der Waals surface area contributed by atoms with E-state index >= 15 is 0 Å². The van der Waals surface area contributed by atoms with Crippen LogP contribution in [0.3, 0.4) is 0 Å². The van der Waals surface area contributed by atoms with Gasteiger partial charge in [-0.25, -0.2) is 4.68 Å². The number of hydrogen-bond donors (Lipinski definition) is 0.